The van der Waals surface area contributed by atoms with Crippen molar-refractivity contribution in [1.29, 1.82) is 0 Å². The van der Waals surface area contributed by atoms with Crippen LogP contribution in [0.5, 0.6) is 5.75 Å². The third-order valence-corrected chi connectivity index (χ3v) is 6.17. The quantitative estimate of drug-likeness (QED) is 0.759. The van der Waals surface area contributed by atoms with Crippen molar-refractivity contribution in [3.63, 3.8) is 0 Å². The number of nitrogens with one attached hydrogen (secondary N) is 1. The van der Waals surface area contributed by atoms with Crippen LogP contribution in [0.1, 0.15) is 52.0 Å². The van der Waals surface area contributed by atoms with Gasteiger partial charge in [-0.05, 0) is 57.7 Å². The topological polar surface area (TPSA) is 84.8 Å². The molecule has 1 saturated carbocycles. The molecule has 0 spiro atoms. The molecule has 1 aromatic rings. The molecule has 0 atom stereocenters. The molecule has 1 fully saturated rings. The highest BCUT2D eigenvalue weighted by Crippen LogP contribution is 2.34. The normalized spacial score (nSPS) is 15.7. The van der Waals surface area contributed by atoms with E-state index in [9.17, 15) is 17.6 Å². The largest absolute Gasteiger partial charge is 0.412 e. The van der Waals surface area contributed by atoms with Crippen LogP contribution in [0.25, 0.3) is 0 Å². The Balaban J connectivity index is 2.41. The lowest BCUT2D eigenvalue weighted by Gasteiger charge is -2.17. The monoisotopic (exact) mass is 384 g/mol. The number of carbonyl (C=O) groups excluding carboxylic acids is 1. The molecule has 8 heteroatoms. The zero-order valence-corrected chi connectivity index (χ0v) is 16.3. The minimum Gasteiger partial charge on any atom is -0.407 e. The van der Waals surface area contributed by atoms with Gasteiger partial charge in [-0.1, -0.05) is 12.8 Å². The second-order valence-electron chi connectivity index (χ2n) is 7.39. The Labute approximate surface area is 153 Å². The van der Waals surface area contributed by atoms with E-state index in [-0.39, 0.29) is 5.75 Å². The molecule has 0 saturated heterocycles. The van der Waals surface area contributed by atoms with Crippen molar-refractivity contribution in [2.45, 2.75) is 51.2 Å². The van der Waals surface area contributed by atoms with E-state index in [2.05, 4.69) is 9.71 Å². The molecule has 0 heterocycles. The fourth-order valence-corrected chi connectivity index (χ4v) is 2.94. The van der Waals surface area contributed by atoms with Crippen molar-refractivity contribution in [2.75, 3.05) is 7.05 Å². The molecule has 1 aromatic carbocycles. The van der Waals surface area contributed by atoms with Crippen molar-refractivity contribution in [1.82, 2.24) is 5.32 Å². The molecule has 144 valence electrons. The molecule has 1 aliphatic carbocycles. The number of hydrogen-bond acceptors (Lipinski definition) is 4. The Bertz CT molecular complexity index is 809. The number of ether oxygens (including phenoxy) is 1. The van der Waals surface area contributed by atoms with Crippen molar-refractivity contribution >= 4 is 21.8 Å². The number of sulfonamides is 1. The van der Waals surface area contributed by atoms with Crippen molar-refractivity contribution in [2.24, 2.45) is 10.3 Å². The van der Waals surface area contributed by atoms with Gasteiger partial charge in [0, 0.05) is 12.6 Å². The highest BCUT2D eigenvalue weighted by Gasteiger charge is 2.30. The van der Waals surface area contributed by atoms with Gasteiger partial charge in [-0.3, -0.25) is 0 Å². The van der Waals surface area contributed by atoms with Crippen LogP contribution >= 0.6 is 0 Å². The highest BCUT2D eigenvalue weighted by atomic mass is 32.2. The lowest BCUT2D eigenvalue weighted by atomic mass is 10.0. The van der Waals surface area contributed by atoms with E-state index in [1.54, 1.807) is 20.8 Å². The van der Waals surface area contributed by atoms with Gasteiger partial charge in [-0.2, -0.15) is 4.40 Å². The Kier molecular flexibility index (Phi) is 6.05. The zero-order chi connectivity index (χ0) is 19.5. The summed E-state index contributed by atoms with van der Waals surface area (Å²) in [5, 5.41) is 2.24. The fourth-order valence-electron chi connectivity index (χ4n) is 2.18. The maximum atomic E-state index is 13.9. The van der Waals surface area contributed by atoms with Gasteiger partial charge in [0.25, 0.3) is 10.0 Å². The summed E-state index contributed by atoms with van der Waals surface area (Å²) >= 11 is 0. The molecule has 1 aliphatic rings. The van der Waals surface area contributed by atoms with Crippen LogP contribution in [0.3, 0.4) is 0 Å². The van der Waals surface area contributed by atoms with E-state index in [1.165, 1.54) is 19.2 Å². The first kappa shape index (κ1) is 20.4. The summed E-state index contributed by atoms with van der Waals surface area (Å²) in [6.45, 7) is 4.74. The number of hydrogen-bond donors (Lipinski definition) is 1. The third-order valence-electron chi connectivity index (χ3n) is 4.16. The predicted octanol–water partition coefficient (Wildman–Crippen LogP) is 3.65. The van der Waals surface area contributed by atoms with E-state index in [0.717, 1.165) is 25.3 Å². The molecule has 1 N–H and O–H groups in total. The molecule has 6 nitrogen and oxygen atoms in total. The number of benzene rings is 1. The average Bonchev–Trinajstić information content (AvgIpc) is 3.36. The lowest BCUT2D eigenvalue weighted by molar-refractivity contribution is 0.201. The van der Waals surface area contributed by atoms with Crippen LogP contribution in [0, 0.1) is 11.7 Å². The van der Waals surface area contributed by atoms with Crippen molar-refractivity contribution in [3.05, 3.63) is 29.6 Å². The van der Waals surface area contributed by atoms with Crippen LogP contribution in [0.15, 0.2) is 22.6 Å². The van der Waals surface area contributed by atoms with Gasteiger partial charge in [-0.25, -0.2) is 17.6 Å². The molecule has 0 aliphatic heterocycles. The standard InChI is InChI=1S/C18H25FN2O4S/c1-18(2,3)26(23,24)21-15(10-7-12-5-6-12)13-8-9-14(19)16(11-13)25-17(22)20-4/h8-9,11-12H,5-7,10H2,1-4H3,(H,20,22). The van der Waals surface area contributed by atoms with E-state index in [4.69, 9.17) is 4.74 Å². The molecule has 2 rings (SSSR count). The molecular formula is C18H25FN2O4S. The molecule has 0 radical (unpaired) electrons. The van der Waals surface area contributed by atoms with E-state index in [0.29, 0.717) is 23.6 Å². The SMILES string of the molecule is CNC(=O)Oc1cc(C(CCC2CC2)=NS(=O)(=O)C(C)(C)C)ccc1F. The van der Waals surface area contributed by atoms with Gasteiger partial charge >= 0.3 is 6.09 Å². The van der Waals surface area contributed by atoms with Gasteiger partial charge in [0.15, 0.2) is 11.6 Å². The minimum absolute atomic E-state index is 0.269. The number of rotatable bonds is 6. The third kappa shape index (κ3) is 5.27. The van der Waals surface area contributed by atoms with E-state index < -0.39 is 26.7 Å². The van der Waals surface area contributed by atoms with Crippen LogP contribution in [0.4, 0.5) is 9.18 Å². The Hall–Kier alpha value is -1.96. The average molecular weight is 384 g/mol. The van der Waals surface area contributed by atoms with Gasteiger partial charge in [0.1, 0.15) is 0 Å². The molecular weight excluding hydrogens is 359 g/mol. The Morgan fingerprint density at radius 3 is 2.54 bits per heavy atom. The number of amides is 1. The molecule has 1 amide bonds. The number of nitrogens with zero attached hydrogens (tertiary/aromatic N) is 1. The zero-order valence-electron chi connectivity index (χ0n) is 15.5. The van der Waals surface area contributed by atoms with E-state index >= 15 is 0 Å². The van der Waals surface area contributed by atoms with Crippen molar-refractivity contribution in [3.8, 4) is 5.75 Å². The number of carbonyl (C=O) groups is 1. The minimum atomic E-state index is -3.75. The van der Waals surface area contributed by atoms with Gasteiger partial charge in [0.05, 0.1) is 10.5 Å². The van der Waals surface area contributed by atoms with Crippen LogP contribution in [-0.2, 0) is 10.0 Å². The van der Waals surface area contributed by atoms with Gasteiger partial charge in [-0.15, -0.1) is 0 Å². The fraction of sp³-hybridized carbons (Fsp3) is 0.556. The summed E-state index contributed by atoms with van der Waals surface area (Å²) in [5.74, 6) is -0.397. The summed E-state index contributed by atoms with van der Waals surface area (Å²) in [6, 6.07) is 3.91. The second-order valence-corrected chi connectivity index (χ2v) is 9.75. The predicted molar refractivity (Wildman–Crippen MR) is 98.7 cm³/mol. The first-order chi connectivity index (χ1) is 12.0. The van der Waals surface area contributed by atoms with Gasteiger partial charge < -0.3 is 10.1 Å². The van der Waals surface area contributed by atoms with E-state index in [1.807, 2.05) is 0 Å². The summed E-state index contributed by atoms with van der Waals surface area (Å²) in [6.07, 6.45) is 2.74. The highest BCUT2D eigenvalue weighted by molar-refractivity contribution is 7.91. The van der Waals surface area contributed by atoms with Crippen LogP contribution in [0.2, 0.25) is 0 Å². The summed E-state index contributed by atoms with van der Waals surface area (Å²) in [5.41, 5.74) is 0.785. The number of halogens is 1. The van der Waals surface area contributed by atoms with Crippen molar-refractivity contribution < 1.29 is 22.3 Å². The molecule has 0 bridgehead atoms. The lowest BCUT2D eigenvalue weighted by Crippen LogP contribution is -2.27. The maximum Gasteiger partial charge on any atom is 0.412 e. The summed E-state index contributed by atoms with van der Waals surface area (Å²) in [4.78, 5) is 11.4. The smallest absolute Gasteiger partial charge is 0.407 e. The Morgan fingerprint density at radius 2 is 2.00 bits per heavy atom. The van der Waals surface area contributed by atoms with Crippen LogP contribution in [-0.4, -0.2) is 32.0 Å². The molecule has 0 aromatic heterocycles. The summed E-state index contributed by atoms with van der Waals surface area (Å²) in [7, 11) is -2.39. The first-order valence-electron chi connectivity index (χ1n) is 8.56. The maximum absolute atomic E-state index is 13.9. The van der Waals surface area contributed by atoms with Gasteiger partial charge in [0.2, 0.25) is 0 Å². The van der Waals surface area contributed by atoms with Crippen LogP contribution < -0.4 is 10.1 Å². The summed E-state index contributed by atoms with van der Waals surface area (Å²) < 4.78 is 46.8. The molecule has 26 heavy (non-hydrogen) atoms. The Morgan fingerprint density at radius 1 is 1.35 bits per heavy atom. The molecule has 0 unspecified atom stereocenters. The first-order valence-corrected chi connectivity index (χ1v) is 10.0. The second kappa shape index (κ2) is 7.73.